The van der Waals surface area contributed by atoms with Crippen molar-refractivity contribution in [3.05, 3.63) is 11.4 Å². The zero-order chi connectivity index (χ0) is 15.3. The quantitative estimate of drug-likeness (QED) is 0.608. The van der Waals surface area contributed by atoms with E-state index >= 15 is 0 Å². The summed E-state index contributed by atoms with van der Waals surface area (Å²) in [6.45, 7) is 6.54. The number of nitrogens with one attached hydrogen (secondary N) is 2. The number of hydrogen-bond donors (Lipinski definition) is 3. The molecule has 9 heteroatoms. The number of aromatic amines is 1. The van der Waals surface area contributed by atoms with Gasteiger partial charge in [-0.25, -0.2) is 13.6 Å². The fraction of sp³-hybridized carbons (Fsp3) is 0.636. The van der Waals surface area contributed by atoms with Gasteiger partial charge in [-0.05, 0) is 12.8 Å². The van der Waals surface area contributed by atoms with E-state index < -0.39 is 15.9 Å². The summed E-state index contributed by atoms with van der Waals surface area (Å²) in [5.41, 5.74) is 0.107. The molecule has 0 fully saturated rings. The molecule has 1 heterocycles. The molecule has 114 valence electrons. The van der Waals surface area contributed by atoms with Gasteiger partial charge in [-0.1, -0.05) is 13.8 Å². The fourth-order valence-electron chi connectivity index (χ4n) is 1.64. The third-order valence-electron chi connectivity index (χ3n) is 2.56. The van der Waals surface area contributed by atoms with Crippen molar-refractivity contribution in [3.8, 4) is 0 Å². The molecule has 0 radical (unpaired) electrons. The maximum absolute atomic E-state index is 11.9. The number of primary sulfonamides is 1. The highest BCUT2D eigenvalue weighted by Gasteiger charge is 2.28. The number of carbonyl (C=O) groups is 1. The standard InChI is InChI=1S/C11H20N4O4S/c1-4-19-6-5-13-11(16)9-10(20(12,17)18)8(7(2)3)14-15-9/h7H,4-6H2,1-3H3,(H,13,16)(H,14,15)(H2,12,17,18). The second kappa shape index (κ2) is 6.82. The van der Waals surface area contributed by atoms with E-state index in [-0.39, 0.29) is 23.1 Å². The Kier molecular flexibility index (Phi) is 5.66. The molecular weight excluding hydrogens is 284 g/mol. The number of ether oxygens (including phenoxy) is 1. The molecule has 0 saturated heterocycles. The lowest BCUT2D eigenvalue weighted by Gasteiger charge is -2.07. The molecule has 0 bridgehead atoms. The van der Waals surface area contributed by atoms with E-state index in [1.807, 2.05) is 6.92 Å². The number of H-pyrrole nitrogens is 1. The Morgan fingerprint density at radius 3 is 2.65 bits per heavy atom. The first kappa shape index (κ1) is 16.6. The number of sulfonamides is 1. The van der Waals surface area contributed by atoms with E-state index in [4.69, 9.17) is 9.88 Å². The summed E-state index contributed by atoms with van der Waals surface area (Å²) < 4.78 is 28.3. The number of aromatic nitrogens is 2. The van der Waals surface area contributed by atoms with Crippen molar-refractivity contribution in [1.29, 1.82) is 0 Å². The van der Waals surface area contributed by atoms with Crippen LogP contribution in [0.4, 0.5) is 0 Å². The molecule has 0 atom stereocenters. The minimum Gasteiger partial charge on any atom is -0.380 e. The van der Waals surface area contributed by atoms with Gasteiger partial charge in [0.25, 0.3) is 5.91 Å². The first-order chi connectivity index (χ1) is 9.29. The minimum absolute atomic E-state index is 0.152. The molecule has 0 aliphatic carbocycles. The summed E-state index contributed by atoms with van der Waals surface area (Å²) in [7, 11) is -4.03. The SMILES string of the molecule is CCOCCNC(=O)c1n[nH]c(C(C)C)c1S(N)(=O)=O. The number of rotatable bonds is 7. The first-order valence-corrected chi connectivity index (χ1v) is 7.80. The lowest BCUT2D eigenvalue weighted by molar-refractivity contribution is 0.0914. The maximum atomic E-state index is 11.9. The highest BCUT2D eigenvalue weighted by atomic mass is 32.2. The molecule has 0 saturated carbocycles. The zero-order valence-electron chi connectivity index (χ0n) is 11.8. The van der Waals surface area contributed by atoms with Crippen LogP contribution in [0.5, 0.6) is 0 Å². The van der Waals surface area contributed by atoms with E-state index in [2.05, 4.69) is 15.5 Å². The largest absolute Gasteiger partial charge is 0.380 e. The Morgan fingerprint density at radius 2 is 2.15 bits per heavy atom. The molecule has 4 N–H and O–H groups in total. The van der Waals surface area contributed by atoms with Crippen LogP contribution in [-0.2, 0) is 14.8 Å². The highest BCUT2D eigenvalue weighted by molar-refractivity contribution is 7.89. The Labute approximate surface area is 118 Å². The molecule has 0 aliphatic heterocycles. The smallest absolute Gasteiger partial charge is 0.273 e. The molecule has 20 heavy (non-hydrogen) atoms. The molecule has 8 nitrogen and oxygen atoms in total. The Hall–Kier alpha value is -1.45. The van der Waals surface area contributed by atoms with E-state index in [1.165, 1.54) is 0 Å². The van der Waals surface area contributed by atoms with Crippen LogP contribution in [0.2, 0.25) is 0 Å². The van der Waals surface area contributed by atoms with Crippen molar-refractivity contribution in [3.63, 3.8) is 0 Å². The van der Waals surface area contributed by atoms with Crippen LogP contribution < -0.4 is 10.5 Å². The molecule has 0 spiro atoms. The summed E-state index contributed by atoms with van der Waals surface area (Å²) >= 11 is 0. The van der Waals surface area contributed by atoms with Gasteiger partial charge in [0.2, 0.25) is 10.0 Å². The molecule has 1 rings (SSSR count). The number of nitrogens with two attached hydrogens (primary N) is 1. The summed E-state index contributed by atoms with van der Waals surface area (Å²) in [6, 6.07) is 0. The number of hydrogen-bond acceptors (Lipinski definition) is 5. The zero-order valence-corrected chi connectivity index (χ0v) is 12.6. The van der Waals surface area contributed by atoms with Crippen LogP contribution in [0.15, 0.2) is 4.90 Å². The van der Waals surface area contributed by atoms with Crippen molar-refractivity contribution >= 4 is 15.9 Å². The maximum Gasteiger partial charge on any atom is 0.273 e. The topological polar surface area (TPSA) is 127 Å². The number of amides is 1. The van der Waals surface area contributed by atoms with Crippen molar-refractivity contribution in [2.24, 2.45) is 5.14 Å². The summed E-state index contributed by atoms with van der Waals surface area (Å²) in [5.74, 6) is -0.752. The van der Waals surface area contributed by atoms with Crippen LogP contribution >= 0.6 is 0 Å². The lowest BCUT2D eigenvalue weighted by atomic mass is 10.1. The fourth-order valence-corrected chi connectivity index (χ4v) is 2.64. The first-order valence-electron chi connectivity index (χ1n) is 6.26. The van der Waals surface area contributed by atoms with Crippen molar-refractivity contribution in [2.45, 2.75) is 31.6 Å². The van der Waals surface area contributed by atoms with Crippen LogP contribution in [0.3, 0.4) is 0 Å². The van der Waals surface area contributed by atoms with Crippen molar-refractivity contribution in [1.82, 2.24) is 15.5 Å². The van der Waals surface area contributed by atoms with Gasteiger partial charge in [0.1, 0.15) is 4.90 Å². The van der Waals surface area contributed by atoms with Gasteiger partial charge in [-0.3, -0.25) is 9.89 Å². The molecule has 0 unspecified atom stereocenters. The molecule has 1 amide bonds. The van der Waals surface area contributed by atoms with E-state index in [9.17, 15) is 13.2 Å². The number of carbonyl (C=O) groups excluding carboxylic acids is 1. The average molecular weight is 304 g/mol. The van der Waals surface area contributed by atoms with Gasteiger partial charge < -0.3 is 10.1 Å². The van der Waals surface area contributed by atoms with Gasteiger partial charge in [-0.15, -0.1) is 0 Å². The second-order valence-corrected chi connectivity index (χ2v) is 5.97. The highest BCUT2D eigenvalue weighted by Crippen LogP contribution is 2.23. The lowest BCUT2D eigenvalue weighted by Crippen LogP contribution is -2.29. The van der Waals surface area contributed by atoms with Gasteiger partial charge in [0, 0.05) is 13.2 Å². The van der Waals surface area contributed by atoms with Gasteiger partial charge in [0.15, 0.2) is 5.69 Å². The molecular formula is C11H20N4O4S. The normalized spacial score (nSPS) is 11.8. The number of nitrogens with zero attached hydrogens (tertiary/aromatic N) is 1. The van der Waals surface area contributed by atoms with Gasteiger partial charge >= 0.3 is 0 Å². The summed E-state index contributed by atoms with van der Waals surface area (Å²) in [4.78, 5) is 11.7. The molecule has 1 aromatic rings. The van der Waals surface area contributed by atoms with Crippen LogP contribution in [0.1, 0.15) is 42.9 Å². The molecule has 0 aliphatic rings. The summed E-state index contributed by atoms with van der Waals surface area (Å²) in [5, 5.41) is 14.0. The van der Waals surface area contributed by atoms with Crippen LogP contribution in [-0.4, -0.2) is 44.3 Å². The van der Waals surface area contributed by atoms with E-state index in [0.29, 0.717) is 18.9 Å². The van der Waals surface area contributed by atoms with Crippen molar-refractivity contribution < 1.29 is 17.9 Å². The monoisotopic (exact) mass is 304 g/mol. The van der Waals surface area contributed by atoms with Gasteiger partial charge in [-0.2, -0.15) is 5.10 Å². The van der Waals surface area contributed by atoms with E-state index in [1.54, 1.807) is 13.8 Å². The Morgan fingerprint density at radius 1 is 1.50 bits per heavy atom. The Bertz CT molecular complexity index is 565. The van der Waals surface area contributed by atoms with Crippen LogP contribution in [0.25, 0.3) is 0 Å². The average Bonchev–Trinajstić information content (AvgIpc) is 2.79. The van der Waals surface area contributed by atoms with E-state index in [0.717, 1.165) is 0 Å². The predicted molar refractivity (Wildman–Crippen MR) is 72.9 cm³/mol. The minimum atomic E-state index is -4.03. The summed E-state index contributed by atoms with van der Waals surface area (Å²) in [6.07, 6.45) is 0. The second-order valence-electron chi connectivity index (χ2n) is 4.47. The molecule has 0 aromatic carbocycles. The molecule has 1 aromatic heterocycles. The van der Waals surface area contributed by atoms with Crippen molar-refractivity contribution in [2.75, 3.05) is 19.8 Å². The van der Waals surface area contributed by atoms with Crippen LogP contribution in [0, 0.1) is 0 Å². The third-order valence-corrected chi connectivity index (χ3v) is 3.54. The predicted octanol–water partition coefficient (Wildman–Crippen LogP) is -0.0532. The Balaban J connectivity index is 2.98. The van der Waals surface area contributed by atoms with Gasteiger partial charge in [0.05, 0.1) is 12.3 Å². The third kappa shape index (κ3) is 4.02.